The summed E-state index contributed by atoms with van der Waals surface area (Å²) in [5.41, 5.74) is 10.0. The van der Waals surface area contributed by atoms with Crippen LogP contribution in [0.15, 0.2) is 48.5 Å². The Balaban J connectivity index is 1.78. The van der Waals surface area contributed by atoms with Gasteiger partial charge in [0.2, 0.25) is 0 Å². The molecule has 4 N–H and O–H groups in total. The maximum absolute atomic E-state index is 5.23. The zero-order valence-corrected chi connectivity index (χ0v) is 14.8. The molecule has 0 amide bonds. The largest absolute Gasteiger partial charge is 0.331 e. The van der Waals surface area contributed by atoms with Gasteiger partial charge < -0.3 is 10.6 Å². The number of rotatable bonds is 3. The van der Waals surface area contributed by atoms with Gasteiger partial charge in [-0.25, -0.2) is 0 Å². The highest BCUT2D eigenvalue weighted by Gasteiger charge is 2.00. The van der Waals surface area contributed by atoms with Gasteiger partial charge in [-0.15, -0.1) is 0 Å². The van der Waals surface area contributed by atoms with E-state index in [9.17, 15) is 0 Å². The fourth-order valence-corrected chi connectivity index (χ4v) is 2.32. The maximum Gasteiger partial charge on any atom is 0.189 e. The quantitative estimate of drug-likeness (QED) is 0.503. The number of aryl methyl sites for hydroxylation is 2. The van der Waals surface area contributed by atoms with E-state index in [2.05, 4.69) is 40.5 Å². The Bertz CT molecular complexity index is 683. The number of hydrazine groups is 1. The van der Waals surface area contributed by atoms with E-state index < -0.39 is 0 Å². The fourth-order valence-electron chi connectivity index (χ4n) is 1.98. The predicted octanol–water partition coefficient (Wildman–Crippen LogP) is 3.75. The van der Waals surface area contributed by atoms with Gasteiger partial charge in [-0.1, -0.05) is 31.2 Å². The molecule has 0 unspecified atom stereocenters. The smallest absolute Gasteiger partial charge is 0.189 e. The summed E-state index contributed by atoms with van der Waals surface area (Å²) in [6, 6.07) is 16.1. The van der Waals surface area contributed by atoms with Crippen molar-refractivity contribution < 1.29 is 0 Å². The number of nitrogens with one attached hydrogen (secondary N) is 4. The summed E-state index contributed by atoms with van der Waals surface area (Å²) in [6.07, 6.45) is 1.02. The Kier molecular flexibility index (Phi) is 6.31. The topological polar surface area (TPSA) is 48.1 Å². The Morgan fingerprint density at radius 1 is 0.870 bits per heavy atom. The molecule has 0 bridgehead atoms. The molecule has 4 nitrogen and oxygen atoms in total. The normalized spacial score (nSPS) is 9.83. The minimum atomic E-state index is 0.445. The van der Waals surface area contributed by atoms with Gasteiger partial charge >= 0.3 is 0 Å². The monoisotopic (exact) mass is 344 g/mol. The number of hydrogen-bond acceptors (Lipinski definition) is 2. The third-order valence-electron chi connectivity index (χ3n) is 3.19. The molecule has 120 valence electrons. The van der Waals surface area contributed by atoms with E-state index in [1.165, 1.54) is 11.1 Å². The molecule has 0 aromatic heterocycles. The van der Waals surface area contributed by atoms with Gasteiger partial charge in [0, 0.05) is 11.4 Å². The van der Waals surface area contributed by atoms with E-state index in [4.69, 9.17) is 24.4 Å². The molecule has 0 heterocycles. The molecule has 0 fully saturated rings. The minimum Gasteiger partial charge on any atom is -0.331 e. The lowest BCUT2D eigenvalue weighted by molar-refractivity contribution is 0.885. The van der Waals surface area contributed by atoms with Gasteiger partial charge in [0.25, 0.3) is 0 Å². The van der Waals surface area contributed by atoms with Gasteiger partial charge in [0.1, 0.15) is 0 Å². The van der Waals surface area contributed by atoms with Crippen LogP contribution >= 0.6 is 24.4 Å². The van der Waals surface area contributed by atoms with Gasteiger partial charge in [-0.3, -0.25) is 10.9 Å². The van der Waals surface area contributed by atoms with Gasteiger partial charge in [0.05, 0.1) is 0 Å². The number of anilines is 2. The highest BCUT2D eigenvalue weighted by molar-refractivity contribution is 7.81. The molecule has 2 rings (SSSR count). The lowest BCUT2D eigenvalue weighted by Gasteiger charge is -2.14. The lowest BCUT2D eigenvalue weighted by atomic mass is 10.1. The minimum absolute atomic E-state index is 0.445. The van der Waals surface area contributed by atoms with E-state index in [-0.39, 0.29) is 0 Å². The van der Waals surface area contributed by atoms with Crippen LogP contribution in [0.2, 0.25) is 0 Å². The van der Waals surface area contributed by atoms with Crippen LogP contribution in [0.3, 0.4) is 0 Å². The summed E-state index contributed by atoms with van der Waals surface area (Å²) in [5.74, 6) is 0. The van der Waals surface area contributed by atoms with Crippen molar-refractivity contribution in [2.45, 2.75) is 20.3 Å². The summed E-state index contributed by atoms with van der Waals surface area (Å²) in [5, 5.41) is 7.07. The Morgan fingerprint density at radius 3 is 2.04 bits per heavy atom. The molecule has 0 radical (unpaired) electrons. The van der Waals surface area contributed by atoms with Crippen molar-refractivity contribution in [1.29, 1.82) is 0 Å². The third kappa shape index (κ3) is 5.84. The van der Waals surface area contributed by atoms with E-state index in [0.29, 0.717) is 10.2 Å². The molecule has 0 spiro atoms. The average molecular weight is 345 g/mol. The van der Waals surface area contributed by atoms with Gasteiger partial charge in [0.15, 0.2) is 10.2 Å². The van der Waals surface area contributed by atoms with Gasteiger partial charge in [-0.05, 0) is 73.2 Å². The lowest BCUT2D eigenvalue weighted by Crippen LogP contribution is -2.45. The SMILES string of the molecule is CCc1ccc(NC(=S)NNC(=S)Nc2cccc(C)c2)cc1. The van der Waals surface area contributed by atoms with Crippen molar-refractivity contribution in [3.05, 3.63) is 59.7 Å². The molecule has 6 heteroatoms. The van der Waals surface area contributed by atoms with Crippen molar-refractivity contribution in [3.8, 4) is 0 Å². The van der Waals surface area contributed by atoms with Crippen LogP contribution in [-0.2, 0) is 6.42 Å². The zero-order valence-electron chi connectivity index (χ0n) is 13.1. The first-order chi connectivity index (χ1) is 11.1. The maximum atomic E-state index is 5.23. The Hall–Kier alpha value is -2.18. The molecule has 0 saturated heterocycles. The highest BCUT2D eigenvalue weighted by Crippen LogP contribution is 2.10. The standard InChI is InChI=1S/C17H20N4S2/c1-3-13-7-9-14(10-8-13)18-16(22)20-21-17(23)19-15-6-4-5-12(2)11-15/h4-11H,3H2,1-2H3,(H2,18,20,22)(H2,19,21,23). The molecule has 0 aliphatic carbocycles. The summed E-state index contributed by atoms with van der Waals surface area (Å²) in [4.78, 5) is 0. The first-order valence-corrected chi connectivity index (χ1v) is 8.18. The fraction of sp³-hybridized carbons (Fsp3) is 0.176. The van der Waals surface area contributed by atoms with Crippen LogP contribution in [0.25, 0.3) is 0 Å². The van der Waals surface area contributed by atoms with Crippen molar-refractivity contribution >= 4 is 46.0 Å². The van der Waals surface area contributed by atoms with Crippen molar-refractivity contribution in [1.82, 2.24) is 10.9 Å². The van der Waals surface area contributed by atoms with Crippen LogP contribution in [0.5, 0.6) is 0 Å². The highest BCUT2D eigenvalue weighted by atomic mass is 32.1. The van der Waals surface area contributed by atoms with Crippen LogP contribution in [-0.4, -0.2) is 10.2 Å². The van der Waals surface area contributed by atoms with Crippen molar-refractivity contribution in [2.75, 3.05) is 10.6 Å². The van der Waals surface area contributed by atoms with Gasteiger partial charge in [-0.2, -0.15) is 0 Å². The molecular formula is C17H20N4S2. The summed E-state index contributed by atoms with van der Waals surface area (Å²) in [7, 11) is 0. The zero-order chi connectivity index (χ0) is 16.7. The van der Waals surface area contributed by atoms with E-state index in [0.717, 1.165) is 17.8 Å². The molecule has 23 heavy (non-hydrogen) atoms. The average Bonchev–Trinajstić information content (AvgIpc) is 2.54. The van der Waals surface area contributed by atoms with E-state index in [1.54, 1.807) is 0 Å². The molecule has 0 atom stereocenters. The summed E-state index contributed by atoms with van der Waals surface area (Å²) in [6.45, 7) is 4.16. The van der Waals surface area contributed by atoms with Crippen LogP contribution in [0, 0.1) is 6.92 Å². The predicted molar refractivity (Wildman–Crippen MR) is 106 cm³/mol. The molecule has 0 aliphatic rings. The summed E-state index contributed by atoms with van der Waals surface area (Å²) >= 11 is 10.5. The second-order valence-electron chi connectivity index (χ2n) is 5.08. The third-order valence-corrected chi connectivity index (χ3v) is 3.59. The van der Waals surface area contributed by atoms with E-state index >= 15 is 0 Å². The summed E-state index contributed by atoms with van der Waals surface area (Å²) < 4.78 is 0. The first-order valence-electron chi connectivity index (χ1n) is 7.36. The molecule has 2 aromatic rings. The number of hydrogen-bond donors (Lipinski definition) is 4. The van der Waals surface area contributed by atoms with Crippen molar-refractivity contribution in [3.63, 3.8) is 0 Å². The Labute approximate surface area is 147 Å². The van der Waals surface area contributed by atoms with Crippen molar-refractivity contribution in [2.24, 2.45) is 0 Å². The molecular weight excluding hydrogens is 324 g/mol. The van der Waals surface area contributed by atoms with Crippen LogP contribution < -0.4 is 21.5 Å². The first kappa shape index (κ1) is 17.2. The molecule has 2 aromatic carbocycles. The van der Waals surface area contributed by atoms with Crippen LogP contribution in [0.4, 0.5) is 11.4 Å². The number of thiocarbonyl (C=S) groups is 2. The molecule has 0 saturated carbocycles. The molecule has 0 aliphatic heterocycles. The Morgan fingerprint density at radius 2 is 1.48 bits per heavy atom. The van der Waals surface area contributed by atoms with E-state index in [1.807, 2.05) is 43.3 Å². The number of benzene rings is 2. The second-order valence-corrected chi connectivity index (χ2v) is 5.89. The van der Waals surface area contributed by atoms with Crippen LogP contribution in [0.1, 0.15) is 18.1 Å². The second kappa shape index (κ2) is 8.45.